The first kappa shape index (κ1) is 47.9. The van der Waals surface area contributed by atoms with Gasteiger partial charge in [0.1, 0.15) is 0 Å². The van der Waals surface area contributed by atoms with E-state index in [1.54, 1.807) is 0 Å². The molecule has 1 aliphatic carbocycles. The van der Waals surface area contributed by atoms with Crippen molar-refractivity contribution in [2.75, 3.05) is 0 Å². The van der Waals surface area contributed by atoms with E-state index in [2.05, 4.69) is 168 Å². The second-order valence-corrected chi connectivity index (χ2v) is 15.7. The molecule has 7 heteroatoms. The van der Waals surface area contributed by atoms with Gasteiger partial charge in [0.05, 0.1) is 0 Å². The Morgan fingerprint density at radius 1 is 0.400 bits per heavy atom. The summed E-state index contributed by atoms with van der Waals surface area (Å²) in [5, 5.41) is 18.4. The van der Waals surface area contributed by atoms with Gasteiger partial charge in [0.25, 0.3) is 0 Å². The van der Waals surface area contributed by atoms with E-state index in [1.807, 2.05) is 0 Å². The van der Waals surface area contributed by atoms with Crippen LogP contribution in [0.15, 0.2) is 46.4 Å². The van der Waals surface area contributed by atoms with Crippen LogP contribution < -0.4 is 0 Å². The molecule has 0 aromatic heterocycles. The van der Waals surface area contributed by atoms with Crippen molar-refractivity contribution >= 4 is 23.3 Å². The van der Waals surface area contributed by atoms with Crippen LogP contribution in [-0.4, -0.2) is 36.1 Å². The molecule has 1 aliphatic rings. The van der Waals surface area contributed by atoms with Gasteiger partial charge in [-0.1, -0.05) is 215 Å². The van der Waals surface area contributed by atoms with Crippen LogP contribution in [0.3, 0.4) is 0 Å². The zero-order valence-corrected chi connectivity index (χ0v) is 37.3. The third-order valence-corrected chi connectivity index (χ3v) is 7.85. The van der Waals surface area contributed by atoms with Crippen LogP contribution in [0.2, 0.25) is 0 Å². The molecule has 1 saturated carbocycles. The van der Waals surface area contributed by atoms with Crippen molar-refractivity contribution < 1.29 is 26.2 Å². The van der Waals surface area contributed by atoms with Crippen molar-refractivity contribution in [2.24, 2.45) is 9.98 Å². The number of hydrogen-bond acceptors (Lipinski definition) is 2. The van der Waals surface area contributed by atoms with Gasteiger partial charge in [-0.25, -0.2) is 0 Å². The molecule has 0 bridgehead atoms. The molecule has 0 atom stereocenters. The predicted molar refractivity (Wildman–Crippen MR) is 220 cm³/mol. The van der Waals surface area contributed by atoms with E-state index >= 15 is 0 Å². The summed E-state index contributed by atoms with van der Waals surface area (Å²) in [6, 6.07) is 13.7. The van der Waals surface area contributed by atoms with Crippen LogP contribution in [0, 0.1) is 0 Å². The molecule has 0 aliphatic heterocycles. The molecule has 278 valence electrons. The number of guanidine groups is 2. The van der Waals surface area contributed by atoms with Crippen molar-refractivity contribution in [1.82, 2.24) is 0 Å². The first-order valence-electron chi connectivity index (χ1n) is 19.2. The Morgan fingerprint density at radius 3 is 0.760 bits per heavy atom. The van der Waals surface area contributed by atoms with E-state index in [0.29, 0.717) is 35.6 Å². The SMILES string of the molecule is C1CCCC1.CC(C)[N-]C(=Nc1c(C(C)C)cccc1C(C)C)[N-]C(C)C.CC(C)[N-]C(=Nc1c(C(C)C)cccc1C(C)C)[N-]C(C)C.[Zr+4]. The molecule has 0 amide bonds. The quantitative estimate of drug-likeness (QED) is 0.171. The second-order valence-electron chi connectivity index (χ2n) is 15.7. The molecule has 50 heavy (non-hydrogen) atoms. The molecule has 1 fully saturated rings. The van der Waals surface area contributed by atoms with Crippen molar-refractivity contribution in [2.45, 2.75) is 191 Å². The fourth-order valence-electron chi connectivity index (χ4n) is 5.47. The van der Waals surface area contributed by atoms with Crippen molar-refractivity contribution in [1.29, 1.82) is 0 Å². The normalized spacial score (nSPS) is 12.5. The molecular formula is C43H72N6Zr. The number of rotatable bonds is 10. The zero-order valence-electron chi connectivity index (χ0n) is 34.8. The Hall–Kier alpha value is -2.14. The summed E-state index contributed by atoms with van der Waals surface area (Å²) < 4.78 is 0. The summed E-state index contributed by atoms with van der Waals surface area (Å²) in [6.07, 6.45) is 7.50. The molecule has 0 saturated heterocycles. The molecule has 2 aromatic rings. The Bertz CT molecular complexity index is 1090. The minimum Gasteiger partial charge on any atom is -0.550 e. The van der Waals surface area contributed by atoms with Gasteiger partial charge in [-0.05, 0) is 45.9 Å². The number of hydrogen-bond donors (Lipinski definition) is 0. The van der Waals surface area contributed by atoms with E-state index in [-0.39, 0.29) is 50.4 Å². The molecule has 0 heterocycles. The minimum atomic E-state index is 0. The van der Waals surface area contributed by atoms with Gasteiger partial charge in [-0.2, -0.15) is 11.9 Å². The van der Waals surface area contributed by atoms with Crippen LogP contribution in [0.4, 0.5) is 11.4 Å². The average molecular weight is 764 g/mol. The van der Waals surface area contributed by atoms with E-state index in [1.165, 1.54) is 54.4 Å². The van der Waals surface area contributed by atoms with Crippen LogP contribution in [0.1, 0.15) is 189 Å². The third kappa shape index (κ3) is 18.4. The molecule has 2 aromatic carbocycles. The fraction of sp³-hybridized carbons (Fsp3) is 0.674. The Balaban J connectivity index is 0.000000824. The number of benzene rings is 2. The minimum absolute atomic E-state index is 0. The van der Waals surface area contributed by atoms with Gasteiger partial charge < -0.3 is 31.3 Å². The van der Waals surface area contributed by atoms with Crippen LogP contribution in [0.5, 0.6) is 0 Å². The van der Waals surface area contributed by atoms with Crippen molar-refractivity contribution in [3.8, 4) is 0 Å². The van der Waals surface area contributed by atoms with E-state index < -0.39 is 0 Å². The molecule has 0 radical (unpaired) electrons. The maximum Gasteiger partial charge on any atom is 4.00 e. The van der Waals surface area contributed by atoms with E-state index in [9.17, 15) is 0 Å². The van der Waals surface area contributed by atoms with E-state index in [4.69, 9.17) is 9.98 Å². The van der Waals surface area contributed by atoms with Crippen LogP contribution in [-0.2, 0) is 26.2 Å². The number of aliphatic imine (C=N–C) groups is 2. The van der Waals surface area contributed by atoms with Crippen molar-refractivity contribution in [3.63, 3.8) is 0 Å². The number of para-hydroxylation sites is 2. The predicted octanol–water partition coefficient (Wildman–Crippen LogP) is 14.9. The van der Waals surface area contributed by atoms with Crippen LogP contribution >= 0.6 is 0 Å². The Labute approximate surface area is 328 Å². The summed E-state index contributed by atoms with van der Waals surface area (Å²) in [5.74, 6) is 2.93. The van der Waals surface area contributed by atoms with Gasteiger partial charge in [0.2, 0.25) is 0 Å². The molecular weight excluding hydrogens is 692 g/mol. The molecule has 0 unspecified atom stereocenters. The maximum atomic E-state index is 4.86. The summed E-state index contributed by atoms with van der Waals surface area (Å²) in [6.45, 7) is 34.1. The molecule has 6 nitrogen and oxygen atoms in total. The first-order valence-corrected chi connectivity index (χ1v) is 19.2. The maximum absolute atomic E-state index is 4.86. The molecule has 0 N–H and O–H groups in total. The average Bonchev–Trinajstić information content (AvgIpc) is 3.56. The molecule has 3 rings (SSSR count). The van der Waals surface area contributed by atoms with Crippen molar-refractivity contribution in [3.05, 3.63) is 79.9 Å². The standard InChI is InChI=1S/2C19H31N3.C5H10.Zr/c2*1-12(2)16-10-9-11-17(13(3)4)18(16)22-19(20-14(5)6)21-15(7)8;1-2-4-5-3-1;/h2*9-15H,1-8H3;1-5H2;/q2*-2;;+4. The summed E-state index contributed by atoms with van der Waals surface area (Å²) in [7, 11) is 0. The van der Waals surface area contributed by atoms with Crippen LogP contribution in [0.25, 0.3) is 21.3 Å². The topological polar surface area (TPSA) is 81.1 Å². The Kier molecular flexibility index (Phi) is 23.9. The van der Waals surface area contributed by atoms with Gasteiger partial charge >= 0.3 is 26.2 Å². The summed E-state index contributed by atoms with van der Waals surface area (Å²) in [5.41, 5.74) is 7.17. The first-order chi connectivity index (χ1) is 22.9. The molecule has 0 spiro atoms. The fourth-order valence-corrected chi connectivity index (χ4v) is 5.47. The van der Waals surface area contributed by atoms with Gasteiger partial charge in [0, 0.05) is 0 Å². The summed E-state index contributed by atoms with van der Waals surface area (Å²) in [4.78, 5) is 9.73. The Morgan fingerprint density at radius 2 is 0.600 bits per heavy atom. The monoisotopic (exact) mass is 762 g/mol. The van der Waals surface area contributed by atoms with Gasteiger partial charge in [0.15, 0.2) is 0 Å². The van der Waals surface area contributed by atoms with Gasteiger partial charge in [-0.15, -0.1) is 0 Å². The largest absolute Gasteiger partial charge is 4.00 e. The van der Waals surface area contributed by atoms with E-state index in [0.717, 1.165) is 11.4 Å². The second kappa shape index (κ2) is 24.9. The smallest absolute Gasteiger partial charge is 0.550 e. The van der Waals surface area contributed by atoms with Gasteiger partial charge in [-0.3, -0.25) is 0 Å². The third-order valence-electron chi connectivity index (χ3n) is 7.85. The summed E-state index contributed by atoms with van der Waals surface area (Å²) >= 11 is 0. The number of nitrogens with zero attached hydrogens (tertiary/aromatic N) is 6. The zero-order chi connectivity index (χ0) is 37.3.